The van der Waals surface area contributed by atoms with E-state index in [-0.39, 0.29) is 5.78 Å². The van der Waals surface area contributed by atoms with Crippen LogP contribution in [0.25, 0.3) is 0 Å². The number of esters is 1. The van der Waals surface area contributed by atoms with Gasteiger partial charge in [-0.05, 0) is 32.8 Å². The minimum absolute atomic E-state index is 0.0237. The first-order valence-electron chi connectivity index (χ1n) is 6.24. The lowest BCUT2D eigenvalue weighted by molar-refractivity contribution is -0.137. The van der Waals surface area contributed by atoms with Gasteiger partial charge in [0.2, 0.25) is 0 Å². The Hall–Kier alpha value is -1.64. The van der Waals surface area contributed by atoms with Crippen LogP contribution in [0.4, 0.5) is 0 Å². The fourth-order valence-electron chi connectivity index (χ4n) is 2.47. The van der Waals surface area contributed by atoms with Gasteiger partial charge in [-0.15, -0.1) is 0 Å². The van der Waals surface area contributed by atoms with Crippen molar-refractivity contribution in [3.63, 3.8) is 0 Å². The monoisotopic (exact) mass is 246 g/mol. The predicted molar refractivity (Wildman–Crippen MR) is 68.9 cm³/mol. The summed E-state index contributed by atoms with van der Waals surface area (Å²) in [6, 6.07) is 0. The molecule has 0 radical (unpaired) electrons. The highest BCUT2D eigenvalue weighted by atomic mass is 16.6. The molecule has 3 heteroatoms. The Morgan fingerprint density at radius 1 is 1.28 bits per heavy atom. The second-order valence-corrected chi connectivity index (χ2v) is 5.12. The molecule has 0 N–H and O–H groups in total. The van der Waals surface area contributed by atoms with E-state index in [2.05, 4.69) is 12.7 Å². The van der Waals surface area contributed by atoms with Crippen LogP contribution in [0.2, 0.25) is 0 Å². The van der Waals surface area contributed by atoms with Crippen molar-refractivity contribution in [1.82, 2.24) is 0 Å². The summed E-state index contributed by atoms with van der Waals surface area (Å²) >= 11 is 0. The molecule has 2 rings (SSSR count). The molecule has 0 aromatic rings. The molecule has 2 aliphatic rings. The van der Waals surface area contributed by atoms with Gasteiger partial charge in [0.1, 0.15) is 11.9 Å². The molecule has 1 heterocycles. The highest BCUT2D eigenvalue weighted by Crippen LogP contribution is 2.32. The van der Waals surface area contributed by atoms with Crippen molar-refractivity contribution in [3.05, 3.63) is 35.5 Å². The molecule has 1 saturated heterocycles. The van der Waals surface area contributed by atoms with E-state index in [0.29, 0.717) is 12.0 Å². The SMILES string of the molecule is C=C1C(=O)O[C@H]2/C=C(\C)CC/C=C(\C)CC(=O)[C@@H]12. The molecule has 3 nitrogen and oxygen atoms in total. The number of carbonyl (C=O) groups excluding carboxylic acids is 2. The van der Waals surface area contributed by atoms with E-state index in [9.17, 15) is 9.59 Å². The summed E-state index contributed by atoms with van der Waals surface area (Å²) in [7, 11) is 0. The fraction of sp³-hybridized carbons (Fsp3) is 0.467. The van der Waals surface area contributed by atoms with E-state index in [1.807, 2.05) is 19.9 Å². The van der Waals surface area contributed by atoms with Crippen molar-refractivity contribution in [1.29, 1.82) is 0 Å². The Bertz CT molecular complexity index is 468. The standard InChI is InChI=1S/C15H18O3/c1-9-5-4-6-10(2)8-13-14(12(16)7-9)11(3)15(17)18-13/h5,8,13-14H,3-4,6-7H2,1-2H3/b9-5+,10-8+/t13-,14+/m0/s1. The average molecular weight is 246 g/mol. The van der Waals surface area contributed by atoms with E-state index in [0.717, 1.165) is 24.0 Å². The van der Waals surface area contributed by atoms with Gasteiger partial charge in [0, 0.05) is 12.0 Å². The lowest BCUT2D eigenvalue weighted by atomic mass is 9.87. The number of rotatable bonds is 0. The second kappa shape index (κ2) is 4.92. The number of allylic oxidation sites excluding steroid dienone is 3. The fourth-order valence-corrected chi connectivity index (χ4v) is 2.47. The van der Waals surface area contributed by atoms with Crippen LogP contribution in [0.5, 0.6) is 0 Å². The van der Waals surface area contributed by atoms with Crippen LogP contribution in [0.3, 0.4) is 0 Å². The second-order valence-electron chi connectivity index (χ2n) is 5.12. The Labute approximate surface area is 107 Å². The van der Waals surface area contributed by atoms with E-state index in [1.54, 1.807) is 0 Å². The van der Waals surface area contributed by atoms with E-state index >= 15 is 0 Å². The summed E-state index contributed by atoms with van der Waals surface area (Å²) < 4.78 is 5.23. The van der Waals surface area contributed by atoms with Crippen LogP contribution in [0, 0.1) is 5.92 Å². The molecule has 0 amide bonds. The summed E-state index contributed by atoms with van der Waals surface area (Å²) in [5.74, 6) is -0.923. The highest BCUT2D eigenvalue weighted by molar-refractivity contribution is 6.01. The number of Topliss-reactive ketones (excluding diaryl/α,β-unsaturated/α-hetero) is 1. The Morgan fingerprint density at radius 3 is 2.72 bits per heavy atom. The minimum Gasteiger partial charge on any atom is -0.454 e. The molecule has 0 aromatic carbocycles. The highest BCUT2D eigenvalue weighted by Gasteiger charge is 2.41. The lowest BCUT2D eigenvalue weighted by Gasteiger charge is -2.16. The van der Waals surface area contributed by atoms with Gasteiger partial charge in [-0.1, -0.05) is 23.8 Å². The molecule has 0 aromatic heterocycles. The first kappa shape index (κ1) is 12.8. The maximum Gasteiger partial charge on any atom is 0.334 e. The topological polar surface area (TPSA) is 43.4 Å². The van der Waals surface area contributed by atoms with Crippen LogP contribution in [-0.4, -0.2) is 17.9 Å². The van der Waals surface area contributed by atoms with Crippen LogP contribution in [-0.2, 0) is 14.3 Å². The Kier molecular flexibility index (Phi) is 3.50. The molecule has 1 fully saturated rings. The van der Waals surface area contributed by atoms with Gasteiger partial charge in [-0.25, -0.2) is 4.79 Å². The summed E-state index contributed by atoms with van der Waals surface area (Å²) in [5, 5.41) is 0. The van der Waals surface area contributed by atoms with Crippen molar-refractivity contribution >= 4 is 11.8 Å². The van der Waals surface area contributed by atoms with Crippen LogP contribution in [0.15, 0.2) is 35.5 Å². The number of carbonyl (C=O) groups is 2. The van der Waals surface area contributed by atoms with Gasteiger partial charge in [0.25, 0.3) is 0 Å². The molecule has 1 aliphatic carbocycles. The van der Waals surface area contributed by atoms with Gasteiger partial charge in [0.05, 0.1) is 5.92 Å². The summed E-state index contributed by atoms with van der Waals surface area (Å²) in [4.78, 5) is 23.8. The third-order valence-electron chi connectivity index (χ3n) is 3.49. The van der Waals surface area contributed by atoms with Crippen LogP contribution in [0.1, 0.15) is 33.1 Å². The number of ether oxygens (including phenoxy) is 1. The van der Waals surface area contributed by atoms with Crippen molar-refractivity contribution in [2.75, 3.05) is 0 Å². The Balaban J connectivity index is 2.36. The minimum atomic E-state index is -0.506. The van der Waals surface area contributed by atoms with E-state index in [1.165, 1.54) is 0 Å². The zero-order chi connectivity index (χ0) is 13.3. The quantitative estimate of drug-likeness (QED) is 0.375. The number of fused-ring (bicyclic) bond motifs is 1. The van der Waals surface area contributed by atoms with Gasteiger partial charge in [-0.2, -0.15) is 0 Å². The number of ketones is 1. The predicted octanol–water partition coefficient (Wildman–Crippen LogP) is 2.73. The Morgan fingerprint density at radius 2 is 2.00 bits per heavy atom. The van der Waals surface area contributed by atoms with Gasteiger partial charge >= 0.3 is 5.97 Å². The van der Waals surface area contributed by atoms with Crippen LogP contribution >= 0.6 is 0 Å². The summed E-state index contributed by atoms with van der Waals surface area (Å²) in [5.41, 5.74) is 2.49. The molecule has 0 bridgehead atoms. The van der Waals surface area contributed by atoms with Gasteiger partial charge < -0.3 is 4.74 Å². The number of hydrogen-bond acceptors (Lipinski definition) is 3. The molecule has 18 heavy (non-hydrogen) atoms. The average Bonchev–Trinajstić information content (AvgIpc) is 2.53. The molecule has 2 atom stereocenters. The van der Waals surface area contributed by atoms with Gasteiger partial charge in [0.15, 0.2) is 0 Å². The van der Waals surface area contributed by atoms with Gasteiger partial charge in [-0.3, -0.25) is 4.79 Å². The number of hydrogen-bond donors (Lipinski definition) is 0. The molecule has 0 spiro atoms. The zero-order valence-electron chi connectivity index (χ0n) is 10.9. The van der Waals surface area contributed by atoms with Crippen LogP contribution < -0.4 is 0 Å². The van der Waals surface area contributed by atoms with Crippen molar-refractivity contribution in [3.8, 4) is 0 Å². The normalized spacial score (nSPS) is 35.1. The molecular formula is C15H18O3. The molecule has 96 valence electrons. The lowest BCUT2D eigenvalue weighted by Crippen LogP contribution is -2.24. The largest absolute Gasteiger partial charge is 0.454 e. The molecule has 1 aliphatic heterocycles. The van der Waals surface area contributed by atoms with Crippen molar-refractivity contribution in [2.45, 2.75) is 39.2 Å². The smallest absolute Gasteiger partial charge is 0.334 e. The first-order valence-corrected chi connectivity index (χ1v) is 6.24. The molecular weight excluding hydrogens is 228 g/mol. The zero-order valence-corrected chi connectivity index (χ0v) is 10.9. The molecule has 0 unspecified atom stereocenters. The maximum absolute atomic E-state index is 12.2. The maximum atomic E-state index is 12.2. The third kappa shape index (κ3) is 2.45. The van der Waals surface area contributed by atoms with Crippen molar-refractivity contribution in [2.24, 2.45) is 5.92 Å². The summed E-state index contributed by atoms with van der Waals surface area (Å²) in [6.45, 7) is 7.66. The third-order valence-corrected chi connectivity index (χ3v) is 3.49. The van der Waals surface area contributed by atoms with E-state index in [4.69, 9.17) is 4.74 Å². The van der Waals surface area contributed by atoms with E-state index < -0.39 is 18.0 Å². The van der Waals surface area contributed by atoms with Crippen molar-refractivity contribution < 1.29 is 14.3 Å². The molecule has 0 saturated carbocycles. The summed E-state index contributed by atoms with van der Waals surface area (Å²) in [6.07, 6.45) is 5.77. The first-order chi connectivity index (χ1) is 8.49.